The summed E-state index contributed by atoms with van der Waals surface area (Å²) < 4.78 is 1.69. The number of nitrogens with zero attached hydrogens (tertiary/aromatic N) is 2. The van der Waals surface area contributed by atoms with Crippen molar-refractivity contribution in [2.45, 2.75) is 24.9 Å². The molecule has 0 fully saturated rings. The van der Waals surface area contributed by atoms with Gasteiger partial charge in [-0.1, -0.05) is 42.1 Å². The number of hydrogen-bond donors (Lipinski definition) is 2. The second-order valence-corrected chi connectivity index (χ2v) is 7.67. The van der Waals surface area contributed by atoms with Gasteiger partial charge in [0.2, 0.25) is 5.91 Å². The molecule has 2 N–H and O–H groups in total. The summed E-state index contributed by atoms with van der Waals surface area (Å²) in [5.41, 5.74) is 3.70. The van der Waals surface area contributed by atoms with Crippen molar-refractivity contribution in [2.75, 3.05) is 12.3 Å². The topological polar surface area (TPSA) is 79.8 Å². The maximum absolute atomic E-state index is 12.7. The van der Waals surface area contributed by atoms with E-state index in [0.717, 1.165) is 23.0 Å². The van der Waals surface area contributed by atoms with Gasteiger partial charge in [0, 0.05) is 30.2 Å². The van der Waals surface area contributed by atoms with Crippen LogP contribution in [0.2, 0.25) is 0 Å². The van der Waals surface area contributed by atoms with Crippen LogP contribution in [0.5, 0.6) is 0 Å². The molecular weight excluding hydrogens is 384 g/mol. The van der Waals surface area contributed by atoms with Crippen LogP contribution in [-0.4, -0.2) is 32.7 Å². The van der Waals surface area contributed by atoms with Gasteiger partial charge in [0.15, 0.2) is 5.03 Å². The zero-order valence-electron chi connectivity index (χ0n) is 16.1. The Bertz CT molecular complexity index is 1230. The van der Waals surface area contributed by atoms with Gasteiger partial charge in [-0.25, -0.2) is 4.98 Å². The van der Waals surface area contributed by atoms with E-state index in [9.17, 15) is 9.59 Å². The van der Waals surface area contributed by atoms with Crippen LogP contribution in [0, 0.1) is 0 Å². The summed E-state index contributed by atoms with van der Waals surface area (Å²) in [4.78, 5) is 32.6. The molecule has 2 aromatic carbocycles. The van der Waals surface area contributed by atoms with E-state index in [1.54, 1.807) is 4.57 Å². The second kappa shape index (κ2) is 8.53. The fourth-order valence-electron chi connectivity index (χ4n) is 3.44. The summed E-state index contributed by atoms with van der Waals surface area (Å²) in [5.74, 6) is 0.0605. The van der Waals surface area contributed by atoms with Crippen molar-refractivity contribution in [3.63, 3.8) is 0 Å². The monoisotopic (exact) mass is 406 g/mol. The summed E-state index contributed by atoms with van der Waals surface area (Å²) in [7, 11) is 0. The number of amides is 1. The lowest BCUT2D eigenvalue weighted by Gasteiger charge is -2.10. The van der Waals surface area contributed by atoms with E-state index in [0.29, 0.717) is 18.1 Å². The molecule has 0 aliphatic rings. The SMILES string of the molecule is CCn1c(=O)c(SCC(=O)NCCc2c[nH]c3ccccc23)nc2ccccc21. The van der Waals surface area contributed by atoms with Crippen molar-refractivity contribution in [1.82, 2.24) is 19.9 Å². The molecule has 2 heterocycles. The van der Waals surface area contributed by atoms with Gasteiger partial charge in [-0.2, -0.15) is 0 Å². The first-order valence-electron chi connectivity index (χ1n) is 9.61. The number of carbonyl (C=O) groups excluding carboxylic acids is 1. The molecule has 29 heavy (non-hydrogen) atoms. The molecule has 0 saturated heterocycles. The van der Waals surface area contributed by atoms with Crippen LogP contribution in [0.1, 0.15) is 12.5 Å². The Morgan fingerprint density at radius 2 is 1.97 bits per heavy atom. The Kier molecular flexibility index (Phi) is 5.67. The predicted molar refractivity (Wildman–Crippen MR) is 117 cm³/mol. The Labute approximate surface area is 172 Å². The van der Waals surface area contributed by atoms with E-state index in [2.05, 4.69) is 21.4 Å². The van der Waals surface area contributed by atoms with Crippen LogP contribution >= 0.6 is 11.8 Å². The van der Waals surface area contributed by atoms with Gasteiger partial charge < -0.3 is 14.9 Å². The summed E-state index contributed by atoms with van der Waals surface area (Å²) in [5, 5.41) is 4.47. The van der Waals surface area contributed by atoms with Gasteiger partial charge in [0.1, 0.15) is 0 Å². The number of thioether (sulfide) groups is 1. The largest absolute Gasteiger partial charge is 0.361 e. The molecule has 6 nitrogen and oxygen atoms in total. The third-order valence-electron chi connectivity index (χ3n) is 4.87. The third-order valence-corrected chi connectivity index (χ3v) is 5.82. The number of fused-ring (bicyclic) bond motifs is 2. The highest BCUT2D eigenvalue weighted by Gasteiger charge is 2.12. The Balaban J connectivity index is 1.37. The van der Waals surface area contributed by atoms with E-state index in [1.807, 2.05) is 55.6 Å². The Morgan fingerprint density at radius 3 is 2.83 bits per heavy atom. The molecule has 0 radical (unpaired) electrons. The summed E-state index contributed by atoms with van der Waals surface area (Å²) in [6.45, 7) is 3.04. The van der Waals surface area contributed by atoms with Gasteiger partial charge in [-0.3, -0.25) is 9.59 Å². The van der Waals surface area contributed by atoms with Crippen molar-refractivity contribution in [2.24, 2.45) is 0 Å². The van der Waals surface area contributed by atoms with Gasteiger partial charge in [-0.05, 0) is 37.1 Å². The highest BCUT2D eigenvalue weighted by molar-refractivity contribution is 7.99. The number of benzene rings is 2. The fraction of sp³-hybridized carbons (Fsp3) is 0.227. The average molecular weight is 407 g/mol. The third kappa shape index (κ3) is 4.05. The van der Waals surface area contributed by atoms with E-state index < -0.39 is 0 Å². The first-order valence-corrected chi connectivity index (χ1v) is 10.6. The smallest absolute Gasteiger partial charge is 0.283 e. The predicted octanol–water partition coefficient (Wildman–Crippen LogP) is 3.35. The lowest BCUT2D eigenvalue weighted by Crippen LogP contribution is -2.28. The molecule has 0 unspecified atom stereocenters. The molecule has 2 aromatic heterocycles. The lowest BCUT2D eigenvalue weighted by molar-refractivity contribution is -0.118. The minimum Gasteiger partial charge on any atom is -0.361 e. The number of nitrogens with one attached hydrogen (secondary N) is 2. The minimum absolute atomic E-state index is 0.104. The molecule has 4 aromatic rings. The number of aromatic amines is 1. The van der Waals surface area contributed by atoms with E-state index in [4.69, 9.17) is 0 Å². The lowest BCUT2D eigenvalue weighted by atomic mass is 10.1. The molecule has 0 bridgehead atoms. The van der Waals surface area contributed by atoms with Crippen LogP contribution < -0.4 is 10.9 Å². The highest BCUT2D eigenvalue weighted by atomic mass is 32.2. The van der Waals surface area contributed by atoms with E-state index in [1.165, 1.54) is 22.7 Å². The molecule has 0 saturated carbocycles. The fourth-order valence-corrected chi connectivity index (χ4v) is 4.20. The summed E-state index contributed by atoms with van der Waals surface area (Å²) in [6, 6.07) is 15.7. The number of para-hydroxylation sites is 3. The van der Waals surface area contributed by atoms with Gasteiger partial charge in [-0.15, -0.1) is 0 Å². The van der Waals surface area contributed by atoms with E-state index >= 15 is 0 Å². The molecular formula is C22H22N4O2S. The first kappa shape index (κ1) is 19.3. The second-order valence-electron chi connectivity index (χ2n) is 6.70. The molecule has 0 spiro atoms. The van der Waals surface area contributed by atoms with Crippen LogP contribution in [0.4, 0.5) is 0 Å². The van der Waals surface area contributed by atoms with Crippen LogP contribution in [0.15, 0.2) is 64.5 Å². The van der Waals surface area contributed by atoms with E-state index in [-0.39, 0.29) is 17.2 Å². The normalized spacial score (nSPS) is 11.2. The number of rotatable bonds is 7. The van der Waals surface area contributed by atoms with Crippen molar-refractivity contribution in [3.8, 4) is 0 Å². The molecule has 4 rings (SSSR count). The molecule has 148 valence electrons. The van der Waals surface area contributed by atoms with Crippen LogP contribution in [0.3, 0.4) is 0 Å². The minimum atomic E-state index is -0.150. The maximum Gasteiger partial charge on any atom is 0.283 e. The highest BCUT2D eigenvalue weighted by Crippen LogP contribution is 2.18. The van der Waals surface area contributed by atoms with Crippen LogP contribution in [0.25, 0.3) is 21.9 Å². The number of H-pyrrole nitrogens is 1. The maximum atomic E-state index is 12.7. The van der Waals surface area contributed by atoms with Crippen molar-refractivity contribution >= 4 is 39.6 Å². The average Bonchev–Trinajstić information content (AvgIpc) is 3.15. The quantitative estimate of drug-likeness (QED) is 0.461. The number of aryl methyl sites for hydroxylation is 1. The zero-order chi connectivity index (χ0) is 20.2. The van der Waals surface area contributed by atoms with Crippen molar-refractivity contribution in [1.29, 1.82) is 0 Å². The molecule has 0 aliphatic carbocycles. The summed E-state index contributed by atoms with van der Waals surface area (Å²) in [6.07, 6.45) is 2.73. The molecule has 0 aliphatic heterocycles. The van der Waals surface area contributed by atoms with Crippen LogP contribution in [-0.2, 0) is 17.8 Å². The number of aromatic nitrogens is 3. The number of carbonyl (C=O) groups is 1. The van der Waals surface area contributed by atoms with Gasteiger partial charge in [0.05, 0.1) is 16.8 Å². The van der Waals surface area contributed by atoms with Crippen molar-refractivity contribution < 1.29 is 4.79 Å². The Morgan fingerprint density at radius 1 is 1.17 bits per heavy atom. The molecule has 7 heteroatoms. The standard InChI is InChI=1S/C22H22N4O2S/c1-2-26-19-10-6-5-9-18(19)25-21(22(26)28)29-14-20(27)23-12-11-15-13-24-17-8-4-3-7-16(15)17/h3-10,13,24H,2,11-12,14H2,1H3,(H,23,27). The number of hydrogen-bond acceptors (Lipinski definition) is 4. The Hall–Kier alpha value is -3.06. The van der Waals surface area contributed by atoms with Crippen molar-refractivity contribution in [3.05, 3.63) is 70.6 Å². The molecule has 1 amide bonds. The van der Waals surface area contributed by atoms with Gasteiger partial charge in [0.25, 0.3) is 5.56 Å². The molecule has 0 atom stereocenters. The summed E-state index contributed by atoms with van der Waals surface area (Å²) >= 11 is 1.19. The first-order chi connectivity index (χ1) is 14.2. The zero-order valence-corrected chi connectivity index (χ0v) is 17.0. The van der Waals surface area contributed by atoms with Gasteiger partial charge >= 0.3 is 0 Å².